The van der Waals surface area contributed by atoms with Crippen molar-refractivity contribution in [2.45, 2.75) is 33.2 Å². The Bertz CT molecular complexity index is 674. The predicted molar refractivity (Wildman–Crippen MR) is 92.4 cm³/mol. The standard InChI is InChI=1S/C19H22N2O2/c1-13(2)16-6-4-15(5-7-16)12-20-19(23)17-8-10-18(11-9-17)21-14(3)22/h4-11,13H,12H2,1-3H3,(H,20,23)(H,21,22). The molecule has 120 valence electrons. The zero-order valence-electron chi connectivity index (χ0n) is 13.7. The minimum Gasteiger partial charge on any atom is -0.348 e. The molecule has 0 aliphatic carbocycles. The molecule has 4 nitrogen and oxygen atoms in total. The number of rotatable bonds is 5. The van der Waals surface area contributed by atoms with Crippen LogP contribution in [0.15, 0.2) is 48.5 Å². The highest BCUT2D eigenvalue weighted by Gasteiger charge is 2.06. The molecule has 23 heavy (non-hydrogen) atoms. The summed E-state index contributed by atoms with van der Waals surface area (Å²) < 4.78 is 0. The third kappa shape index (κ3) is 4.95. The van der Waals surface area contributed by atoms with Crippen LogP contribution in [0.4, 0.5) is 5.69 Å². The molecular weight excluding hydrogens is 288 g/mol. The Kier molecular flexibility index (Phi) is 5.52. The second-order valence-corrected chi connectivity index (χ2v) is 5.84. The second-order valence-electron chi connectivity index (χ2n) is 5.84. The number of carbonyl (C=O) groups is 2. The number of benzene rings is 2. The topological polar surface area (TPSA) is 58.2 Å². The Morgan fingerprint density at radius 2 is 1.57 bits per heavy atom. The molecule has 4 heteroatoms. The average Bonchev–Trinajstić information content (AvgIpc) is 2.53. The molecule has 2 aromatic rings. The van der Waals surface area contributed by atoms with Gasteiger partial charge in [0.2, 0.25) is 5.91 Å². The summed E-state index contributed by atoms with van der Waals surface area (Å²) in [5, 5.41) is 5.57. The van der Waals surface area contributed by atoms with Crippen molar-refractivity contribution < 1.29 is 9.59 Å². The molecule has 0 heterocycles. The quantitative estimate of drug-likeness (QED) is 0.884. The number of hydrogen-bond donors (Lipinski definition) is 2. The van der Waals surface area contributed by atoms with Gasteiger partial charge in [0.05, 0.1) is 0 Å². The highest BCUT2D eigenvalue weighted by Crippen LogP contribution is 2.15. The maximum atomic E-state index is 12.1. The highest BCUT2D eigenvalue weighted by molar-refractivity contribution is 5.95. The number of carbonyl (C=O) groups excluding carboxylic acids is 2. The van der Waals surface area contributed by atoms with Crippen molar-refractivity contribution in [3.8, 4) is 0 Å². The van der Waals surface area contributed by atoms with Crippen LogP contribution < -0.4 is 10.6 Å². The first-order valence-corrected chi connectivity index (χ1v) is 7.70. The monoisotopic (exact) mass is 310 g/mol. The molecule has 0 radical (unpaired) electrons. The molecule has 0 spiro atoms. The Morgan fingerprint density at radius 3 is 2.09 bits per heavy atom. The largest absolute Gasteiger partial charge is 0.348 e. The van der Waals surface area contributed by atoms with Crippen LogP contribution in [0.2, 0.25) is 0 Å². The lowest BCUT2D eigenvalue weighted by atomic mass is 10.0. The molecule has 2 amide bonds. The lowest BCUT2D eigenvalue weighted by molar-refractivity contribution is -0.114. The third-order valence-electron chi connectivity index (χ3n) is 3.57. The van der Waals surface area contributed by atoms with Crippen LogP contribution in [0.3, 0.4) is 0 Å². The van der Waals surface area contributed by atoms with Gasteiger partial charge < -0.3 is 10.6 Å². The van der Waals surface area contributed by atoms with Gasteiger partial charge in [0.15, 0.2) is 0 Å². The van der Waals surface area contributed by atoms with Crippen molar-refractivity contribution in [3.63, 3.8) is 0 Å². The lowest BCUT2D eigenvalue weighted by Gasteiger charge is -2.09. The summed E-state index contributed by atoms with van der Waals surface area (Å²) in [5.41, 5.74) is 3.60. The molecule has 0 bridgehead atoms. The van der Waals surface area contributed by atoms with E-state index in [1.165, 1.54) is 12.5 Å². The maximum Gasteiger partial charge on any atom is 0.251 e. The molecule has 0 saturated carbocycles. The van der Waals surface area contributed by atoms with Crippen LogP contribution in [0.25, 0.3) is 0 Å². The second kappa shape index (κ2) is 7.58. The zero-order chi connectivity index (χ0) is 16.8. The van der Waals surface area contributed by atoms with Crippen LogP contribution in [0.1, 0.15) is 48.2 Å². The van der Waals surface area contributed by atoms with E-state index in [-0.39, 0.29) is 11.8 Å². The van der Waals surface area contributed by atoms with Crippen LogP contribution in [0.5, 0.6) is 0 Å². The van der Waals surface area contributed by atoms with E-state index < -0.39 is 0 Å². The summed E-state index contributed by atoms with van der Waals surface area (Å²) in [6.45, 7) is 6.25. The summed E-state index contributed by atoms with van der Waals surface area (Å²) in [6, 6.07) is 15.1. The van der Waals surface area contributed by atoms with Gasteiger partial charge in [-0.1, -0.05) is 38.1 Å². The lowest BCUT2D eigenvalue weighted by Crippen LogP contribution is -2.22. The molecule has 0 aliphatic heterocycles. The van der Waals surface area contributed by atoms with Crippen molar-refractivity contribution in [3.05, 3.63) is 65.2 Å². The minimum absolute atomic E-state index is 0.132. The molecule has 2 N–H and O–H groups in total. The Labute approximate surface area is 136 Å². The zero-order valence-corrected chi connectivity index (χ0v) is 13.7. The van der Waals surface area contributed by atoms with Gasteiger partial charge in [-0.05, 0) is 41.3 Å². The number of anilines is 1. The Hall–Kier alpha value is -2.62. The summed E-state index contributed by atoms with van der Waals surface area (Å²) in [4.78, 5) is 23.1. The molecule has 0 atom stereocenters. The molecule has 0 fully saturated rings. The van der Waals surface area contributed by atoms with Crippen molar-refractivity contribution in [1.29, 1.82) is 0 Å². The SMILES string of the molecule is CC(=O)Nc1ccc(C(=O)NCc2ccc(C(C)C)cc2)cc1. The predicted octanol–water partition coefficient (Wildman–Crippen LogP) is 3.70. The Balaban J connectivity index is 1.92. The van der Waals surface area contributed by atoms with E-state index in [2.05, 4.69) is 36.6 Å². The van der Waals surface area contributed by atoms with E-state index in [0.29, 0.717) is 23.7 Å². The molecule has 0 aromatic heterocycles. The van der Waals surface area contributed by atoms with Crippen LogP contribution >= 0.6 is 0 Å². The van der Waals surface area contributed by atoms with E-state index in [1.807, 2.05) is 12.1 Å². The molecule has 2 aromatic carbocycles. The maximum absolute atomic E-state index is 12.1. The Morgan fingerprint density at radius 1 is 0.957 bits per heavy atom. The first-order valence-electron chi connectivity index (χ1n) is 7.70. The first-order chi connectivity index (χ1) is 11.0. The van der Waals surface area contributed by atoms with Crippen LogP contribution in [-0.2, 0) is 11.3 Å². The van der Waals surface area contributed by atoms with Gasteiger partial charge in [-0.15, -0.1) is 0 Å². The normalized spacial score (nSPS) is 10.4. The van der Waals surface area contributed by atoms with Crippen LogP contribution in [-0.4, -0.2) is 11.8 Å². The summed E-state index contributed by atoms with van der Waals surface area (Å²) in [5.74, 6) is 0.236. The van der Waals surface area contributed by atoms with E-state index >= 15 is 0 Å². The van der Waals surface area contributed by atoms with Gasteiger partial charge in [-0.3, -0.25) is 9.59 Å². The fourth-order valence-electron chi connectivity index (χ4n) is 2.21. The number of hydrogen-bond acceptors (Lipinski definition) is 2. The smallest absolute Gasteiger partial charge is 0.251 e. The van der Waals surface area contributed by atoms with Gasteiger partial charge in [-0.2, -0.15) is 0 Å². The van der Waals surface area contributed by atoms with Crippen LogP contribution in [0, 0.1) is 0 Å². The van der Waals surface area contributed by atoms with Gasteiger partial charge in [0.25, 0.3) is 5.91 Å². The van der Waals surface area contributed by atoms with Gasteiger partial charge in [0, 0.05) is 24.7 Å². The van der Waals surface area contributed by atoms with Crippen molar-refractivity contribution in [2.24, 2.45) is 0 Å². The molecule has 0 saturated heterocycles. The summed E-state index contributed by atoms with van der Waals surface area (Å²) >= 11 is 0. The van der Waals surface area contributed by atoms with Gasteiger partial charge >= 0.3 is 0 Å². The molecular formula is C19H22N2O2. The minimum atomic E-state index is -0.132. The fourth-order valence-corrected chi connectivity index (χ4v) is 2.21. The summed E-state index contributed by atoms with van der Waals surface area (Å²) in [7, 11) is 0. The highest BCUT2D eigenvalue weighted by atomic mass is 16.2. The van der Waals surface area contributed by atoms with E-state index in [1.54, 1.807) is 24.3 Å². The van der Waals surface area contributed by atoms with E-state index in [4.69, 9.17) is 0 Å². The van der Waals surface area contributed by atoms with Crippen molar-refractivity contribution in [1.82, 2.24) is 5.32 Å². The van der Waals surface area contributed by atoms with Gasteiger partial charge in [-0.25, -0.2) is 0 Å². The average molecular weight is 310 g/mol. The van der Waals surface area contributed by atoms with Crippen molar-refractivity contribution >= 4 is 17.5 Å². The fraction of sp³-hybridized carbons (Fsp3) is 0.263. The number of amides is 2. The van der Waals surface area contributed by atoms with Gasteiger partial charge in [0.1, 0.15) is 0 Å². The van der Waals surface area contributed by atoms with E-state index in [0.717, 1.165) is 5.56 Å². The third-order valence-corrected chi connectivity index (χ3v) is 3.57. The molecule has 0 aliphatic rings. The number of nitrogens with one attached hydrogen (secondary N) is 2. The van der Waals surface area contributed by atoms with E-state index in [9.17, 15) is 9.59 Å². The summed E-state index contributed by atoms with van der Waals surface area (Å²) in [6.07, 6.45) is 0. The molecule has 2 rings (SSSR count). The van der Waals surface area contributed by atoms with Crippen molar-refractivity contribution in [2.75, 3.05) is 5.32 Å². The first kappa shape index (κ1) is 16.7. The molecule has 0 unspecified atom stereocenters.